The molecule has 5 rings (SSSR count). The summed E-state index contributed by atoms with van der Waals surface area (Å²) in [4.78, 5) is 44.3. The highest BCUT2D eigenvalue weighted by Gasteiger charge is 2.33. The van der Waals surface area contributed by atoms with Crippen molar-refractivity contribution in [1.29, 1.82) is 0 Å². The number of nitrogens with zero attached hydrogens (tertiary/aromatic N) is 3. The second kappa shape index (κ2) is 11.4. The topological polar surface area (TPSA) is 96.2 Å². The number of halogens is 3. The first kappa shape index (κ1) is 27.2. The van der Waals surface area contributed by atoms with Gasteiger partial charge in [-0.3, -0.25) is 14.4 Å². The van der Waals surface area contributed by atoms with E-state index in [1.165, 1.54) is 9.80 Å². The molecule has 1 atom stereocenters. The van der Waals surface area contributed by atoms with Gasteiger partial charge in [0.1, 0.15) is 31.3 Å². The normalized spacial score (nSPS) is 15.6. The van der Waals surface area contributed by atoms with Crippen molar-refractivity contribution >= 4 is 29.1 Å². The fourth-order valence-corrected chi connectivity index (χ4v) is 4.98. The number of ether oxygens (including phenoxy) is 1. The Labute approximate surface area is 228 Å². The Morgan fingerprint density at radius 3 is 2.40 bits per heavy atom. The average Bonchev–Trinajstić information content (AvgIpc) is 3.07. The molecule has 2 N–H and O–H groups in total. The lowest BCUT2D eigenvalue weighted by atomic mass is 10.0. The molecule has 0 spiro atoms. The molecule has 208 valence electrons. The minimum absolute atomic E-state index is 0.0953. The van der Waals surface area contributed by atoms with Gasteiger partial charge in [0.25, 0.3) is 0 Å². The molecule has 0 unspecified atom stereocenters. The SMILES string of the molecule is N[C@@H](CC(=O)N1CC(=O)N(CC(=O)N2CCOc3ccccc32)c2ccccc2C1)Cc1cc(F)c(F)cc1F. The van der Waals surface area contributed by atoms with Gasteiger partial charge >= 0.3 is 0 Å². The largest absolute Gasteiger partial charge is 0.490 e. The van der Waals surface area contributed by atoms with Gasteiger partial charge in [0.05, 0.1) is 12.2 Å². The van der Waals surface area contributed by atoms with E-state index in [0.717, 1.165) is 6.07 Å². The van der Waals surface area contributed by atoms with Crippen molar-refractivity contribution in [3.05, 3.63) is 89.2 Å². The van der Waals surface area contributed by atoms with E-state index in [0.29, 0.717) is 41.9 Å². The quantitative estimate of drug-likeness (QED) is 0.474. The molecule has 0 saturated carbocycles. The predicted octanol–water partition coefficient (Wildman–Crippen LogP) is 3.16. The van der Waals surface area contributed by atoms with E-state index in [-0.39, 0.29) is 43.9 Å². The lowest BCUT2D eigenvalue weighted by Crippen LogP contribution is -2.48. The minimum atomic E-state index is -1.31. The van der Waals surface area contributed by atoms with Gasteiger partial charge in [-0.05, 0) is 41.8 Å². The molecule has 11 heteroatoms. The van der Waals surface area contributed by atoms with Crippen molar-refractivity contribution in [2.75, 3.05) is 36.0 Å². The number of hydrogen-bond donors (Lipinski definition) is 1. The number of amides is 3. The van der Waals surface area contributed by atoms with Gasteiger partial charge in [0, 0.05) is 30.8 Å². The van der Waals surface area contributed by atoms with E-state index < -0.39 is 35.3 Å². The highest BCUT2D eigenvalue weighted by molar-refractivity contribution is 6.06. The Balaban J connectivity index is 1.31. The summed E-state index contributed by atoms with van der Waals surface area (Å²) in [6.07, 6.45) is -0.452. The molecule has 3 aromatic carbocycles. The molecule has 2 heterocycles. The van der Waals surface area contributed by atoms with Crippen molar-refractivity contribution in [1.82, 2.24) is 4.90 Å². The average molecular weight is 553 g/mol. The molecule has 0 fully saturated rings. The number of carbonyl (C=O) groups is 3. The molecule has 3 aromatic rings. The van der Waals surface area contributed by atoms with Gasteiger partial charge in [0.2, 0.25) is 17.7 Å². The van der Waals surface area contributed by atoms with Gasteiger partial charge in [0.15, 0.2) is 11.6 Å². The molecule has 3 amide bonds. The van der Waals surface area contributed by atoms with Gasteiger partial charge in [-0.15, -0.1) is 0 Å². The lowest BCUT2D eigenvalue weighted by Gasteiger charge is -2.31. The lowest BCUT2D eigenvalue weighted by molar-refractivity contribution is -0.136. The third-order valence-corrected chi connectivity index (χ3v) is 6.95. The van der Waals surface area contributed by atoms with Gasteiger partial charge in [-0.1, -0.05) is 30.3 Å². The fourth-order valence-electron chi connectivity index (χ4n) is 4.98. The van der Waals surface area contributed by atoms with Gasteiger partial charge in [-0.2, -0.15) is 0 Å². The molecule has 40 heavy (non-hydrogen) atoms. The third kappa shape index (κ3) is 5.64. The first-order chi connectivity index (χ1) is 19.2. The van der Waals surface area contributed by atoms with Crippen LogP contribution in [0.2, 0.25) is 0 Å². The first-order valence-electron chi connectivity index (χ1n) is 12.8. The zero-order valence-corrected chi connectivity index (χ0v) is 21.5. The Hall–Kier alpha value is -4.38. The van der Waals surface area contributed by atoms with Crippen LogP contribution in [0, 0.1) is 17.5 Å². The number of anilines is 2. The maximum absolute atomic E-state index is 14.1. The molecular weight excluding hydrogens is 525 g/mol. The summed E-state index contributed by atoms with van der Waals surface area (Å²) >= 11 is 0. The van der Waals surface area contributed by atoms with Crippen molar-refractivity contribution in [3.63, 3.8) is 0 Å². The highest BCUT2D eigenvalue weighted by atomic mass is 19.2. The van der Waals surface area contributed by atoms with E-state index >= 15 is 0 Å². The van der Waals surface area contributed by atoms with Crippen LogP contribution in [0.1, 0.15) is 17.5 Å². The molecule has 0 saturated heterocycles. The smallest absolute Gasteiger partial charge is 0.247 e. The molecule has 0 aliphatic carbocycles. The van der Waals surface area contributed by atoms with E-state index in [1.54, 1.807) is 47.4 Å². The van der Waals surface area contributed by atoms with Crippen LogP contribution in [0.3, 0.4) is 0 Å². The Morgan fingerprint density at radius 2 is 1.60 bits per heavy atom. The number of nitrogens with two attached hydrogens (primary N) is 1. The molecule has 2 aliphatic rings. The second-order valence-electron chi connectivity index (χ2n) is 9.75. The summed E-state index contributed by atoms with van der Waals surface area (Å²) in [5, 5.41) is 0. The van der Waals surface area contributed by atoms with Crippen molar-refractivity contribution in [2.45, 2.75) is 25.4 Å². The zero-order chi connectivity index (χ0) is 28.4. The third-order valence-electron chi connectivity index (χ3n) is 6.95. The van der Waals surface area contributed by atoms with Crippen LogP contribution in [0.25, 0.3) is 0 Å². The molecule has 0 aromatic heterocycles. The summed E-state index contributed by atoms with van der Waals surface area (Å²) < 4.78 is 46.5. The summed E-state index contributed by atoms with van der Waals surface area (Å²) in [6, 6.07) is 14.4. The van der Waals surface area contributed by atoms with Gasteiger partial charge in [-0.25, -0.2) is 13.2 Å². The van der Waals surface area contributed by atoms with E-state index in [1.807, 2.05) is 6.07 Å². The van der Waals surface area contributed by atoms with Crippen LogP contribution in [0.4, 0.5) is 24.5 Å². The minimum Gasteiger partial charge on any atom is -0.490 e. The predicted molar refractivity (Wildman–Crippen MR) is 141 cm³/mol. The zero-order valence-electron chi connectivity index (χ0n) is 21.5. The fraction of sp³-hybridized carbons (Fsp3) is 0.276. The molecular formula is C29H27F3N4O4. The van der Waals surface area contributed by atoms with Crippen LogP contribution >= 0.6 is 0 Å². The Kier molecular flexibility index (Phi) is 7.74. The summed E-state index contributed by atoms with van der Waals surface area (Å²) in [5.41, 5.74) is 7.73. The number of fused-ring (bicyclic) bond motifs is 2. The van der Waals surface area contributed by atoms with Gasteiger partial charge < -0.3 is 25.2 Å². The van der Waals surface area contributed by atoms with E-state index in [2.05, 4.69) is 0 Å². The number of carbonyl (C=O) groups excluding carboxylic acids is 3. The van der Waals surface area contributed by atoms with Crippen LogP contribution in [0.5, 0.6) is 5.75 Å². The molecule has 0 radical (unpaired) electrons. The van der Waals surface area contributed by atoms with Crippen LogP contribution in [0.15, 0.2) is 60.7 Å². The Bertz CT molecular complexity index is 1470. The second-order valence-corrected chi connectivity index (χ2v) is 9.75. The Morgan fingerprint density at radius 1 is 0.900 bits per heavy atom. The number of hydrogen-bond acceptors (Lipinski definition) is 5. The standard InChI is InChI=1S/C29H27F3N4O4/c30-21-14-23(32)22(31)12-19(21)11-20(33)13-27(37)34-15-18-5-1-2-6-24(18)36(28(38)16-34)17-29(39)35-9-10-40-26-8-4-3-7-25(26)35/h1-8,12,14,20H,9-11,13,15-17,33H2/t20-/m1/s1. The van der Waals surface area contributed by atoms with Crippen LogP contribution in [-0.4, -0.2) is 54.9 Å². The van der Waals surface area contributed by atoms with Crippen molar-refractivity contribution < 1.29 is 32.3 Å². The highest BCUT2D eigenvalue weighted by Crippen LogP contribution is 2.32. The van der Waals surface area contributed by atoms with Crippen molar-refractivity contribution in [2.24, 2.45) is 5.73 Å². The molecule has 0 bridgehead atoms. The van der Waals surface area contributed by atoms with Crippen LogP contribution < -0.4 is 20.3 Å². The van der Waals surface area contributed by atoms with Crippen LogP contribution in [-0.2, 0) is 27.3 Å². The van der Waals surface area contributed by atoms with E-state index in [4.69, 9.17) is 10.5 Å². The molecule has 2 aliphatic heterocycles. The monoisotopic (exact) mass is 552 g/mol. The number of rotatable bonds is 6. The first-order valence-corrected chi connectivity index (χ1v) is 12.8. The number of benzene rings is 3. The molecule has 8 nitrogen and oxygen atoms in total. The summed E-state index contributed by atoms with van der Waals surface area (Å²) in [5.74, 6) is -4.10. The van der Waals surface area contributed by atoms with Crippen molar-refractivity contribution in [3.8, 4) is 5.75 Å². The van der Waals surface area contributed by atoms with E-state index in [9.17, 15) is 27.6 Å². The maximum Gasteiger partial charge on any atom is 0.247 e. The summed E-state index contributed by atoms with van der Waals surface area (Å²) in [6.45, 7) is 0.219. The summed E-state index contributed by atoms with van der Waals surface area (Å²) in [7, 11) is 0. The maximum atomic E-state index is 14.1. The number of para-hydroxylation sites is 3.